The standard InChI is InChI=1S/C14H23ClN2O2/c1-10-11(13(15)17(2)16-10)9-12(18)14(19)7-5-3-4-6-8-14/h12,18-19H,3-9H2,1-2H3. The molecule has 1 atom stereocenters. The van der Waals surface area contributed by atoms with Crippen molar-refractivity contribution in [1.82, 2.24) is 9.78 Å². The number of aliphatic hydroxyl groups is 2. The minimum atomic E-state index is -0.970. The highest BCUT2D eigenvalue weighted by atomic mass is 35.5. The fourth-order valence-corrected chi connectivity index (χ4v) is 3.21. The van der Waals surface area contributed by atoms with Gasteiger partial charge in [0, 0.05) is 19.0 Å². The van der Waals surface area contributed by atoms with E-state index in [-0.39, 0.29) is 0 Å². The number of rotatable bonds is 3. The third-order valence-electron chi connectivity index (χ3n) is 4.26. The predicted molar refractivity (Wildman–Crippen MR) is 75.3 cm³/mol. The summed E-state index contributed by atoms with van der Waals surface area (Å²) >= 11 is 6.18. The van der Waals surface area contributed by atoms with Crippen LogP contribution in [0.1, 0.15) is 49.8 Å². The van der Waals surface area contributed by atoms with Crippen molar-refractivity contribution in [3.8, 4) is 0 Å². The molecule has 2 N–H and O–H groups in total. The zero-order valence-electron chi connectivity index (χ0n) is 11.7. The van der Waals surface area contributed by atoms with Crippen molar-refractivity contribution in [2.45, 2.75) is 63.6 Å². The summed E-state index contributed by atoms with van der Waals surface area (Å²) in [7, 11) is 1.78. The molecule has 0 aromatic carbocycles. The van der Waals surface area contributed by atoms with Gasteiger partial charge in [0.05, 0.1) is 17.4 Å². The molecule has 1 aromatic heterocycles. The molecule has 5 heteroatoms. The summed E-state index contributed by atoms with van der Waals surface area (Å²) in [6, 6.07) is 0. The van der Waals surface area contributed by atoms with E-state index in [0.717, 1.165) is 36.9 Å². The van der Waals surface area contributed by atoms with E-state index in [4.69, 9.17) is 11.6 Å². The average Bonchev–Trinajstić information content (AvgIpc) is 2.58. The molecule has 1 unspecified atom stereocenters. The summed E-state index contributed by atoms with van der Waals surface area (Å²) in [6.07, 6.45) is 5.18. The number of hydrogen-bond donors (Lipinski definition) is 2. The third kappa shape index (κ3) is 3.12. The highest BCUT2D eigenvalue weighted by molar-refractivity contribution is 6.30. The summed E-state index contributed by atoms with van der Waals surface area (Å²) in [4.78, 5) is 0. The number of aryl methyl sites for hydroxylation is 2. The molecule has 1 aliphatic rings. The third-order valence-corrected chi connectivity index (χ3v) is 4.73. The Morgan fingerprint density at radius 3 is 2.37 bits per heavy atom. The zero-order chi connectivity index (χ0) is 14.0. The predicted octanol–water partition coefficient (Wildman–Crippen LogP) is 2.37. The van der Waals surface area contributed by atoms with Crippen LogP contribution in [0.15, 0.2) is 0 Å². The molecule has 19 heavy (non-hydrogen) atoms. The van der Waals surface area contributed by atoms with E-state index in [1.165, 1.54) is 0 Å². The summed E-state index contributed by atoms with van der Waals surface area (Å²) in [5.74, 6) is 0. The lowest BCUT2D eigenvalue weighted by atomic mass is 9.85. The van der Waals surface area contributed by atoms with Crippen LogP contribution in [-0.2, 0) is 13.5 Å². The van der Waals surface area contributed by atoms with E-state index in [2.05, 4.69) is 5.10 Å². The topological polar surface area (TPSA) is 58.3 Å². The monoisotopic (exact) mass is 286 g/mol. The van der Waals surface area contributed by atoms with Crippen molar-refractivity contribution < 1.29 is 10.2 Å². The minimum Gasteiger partial charge on any atom is -0.390 e. The second kappa shape index (κ2) is 5.81. The molecule has 4 nitrogen and oxygen atoms in total. The largest absolute Gasteiger partial charge is 0.390 e. The van der Waals surface area contributed by atoms with Crippen LogP contribution in [0.5, 0.6) is 0 Å². The number of halogens is 1. The van der Waals surface area contributed by atoms with Crippen LogP contribution in [0.2, 0.25) is 5.15 Å². The smallest absolute Gasteiger partial charge is 0.130 e. The van der Waals surface area contributed by atoms with Crippen molar-refractivity contribution in [3.63, 3.8) is 0 Å². The molecule has 1 fully saturated rings. The first kappa shape index (κ1) is 14.8. The van der Waals surface area contributed by atoms with Gasteiger partial charge in [-0.2, -0.15) is 5.10 Å². The first-order valence-electron chi connectivity index (χ1n) is 7.02. The molecular formula is C14H23ClN2O2. The molecule has 0 aliphatic heterocycles. The van der Waals surface area contributed by atoms with Crippen LogP contribution in [0, 0.1) is 6.92 Å². The molecule has 0 spiro atoms. The quantitative estimate of drug-likeness (QED) is 0.839. The lowest BCUT2D eigenvalue weighted by molar-refractivity contribution is -0.0836. The van der Waals surface area contributed by atoms with Gasteiger partial charge < -0.3 is 10.2 Å². The van der Waals surface area contributed by atoms with Gasteiger partial charge in [0.2, 0.25) is 0 Å². The molecule has 0 amide bonds. The Balaban J connectivity index is 2.13. The van der Waals surface area contributed by atoms with Crippen molar-refractivity contribution in [2.24, 2.45) is 7.05 Å². The van der Waals surface area contributed by atoms with Crippen molar-refractivity contribution in [1.29, 1.82) is 0 Å². The Morgan fingerprint density at radius 2 is 1.89 bits per heavy atom. The second-order valence-corrected chi connectivity index (χ2v) is 6.07. The first-order valence-corrected chi connectivity index (χ1v) is 7.40. The van der Waals surface area contributed by atoms with E-state index in [1.54, 1.807) is 11.7 Å². The minimum absolute atomic E-state index is 0.370. The van der Waals surface area contributed by atoms with Gasteiger partial charge in [0.1, 0.15) is 5.15 Å². The number of hydrogen-bond acceptors (Lipinski definition) is 3. The maximum absolute atomic E-state index is 10.6. The normalized spacial score (nSPS) is 21.1. The molecule has 0 radical (unpaired) electrons. The van der Waals surface area contributed by atoms with E-state index in [0.29, 0.717) is 24.4 Å². The first-order chi connectivity index (χ1) is 8.94. The highest BCUT2D eigenvalue weighted by Crippen LogP contribution is 2.32. The molecule has 1 saturated carbocycles. The van der Waals surface area contributed by atoms with Gasteiger partial charge in [-0.05, 0) is 19.8 Å². The van der Waals surface area contributed by atoms with Crippen LogP contribution in [0.25, 0.3) is 0 Å². The van der Waals surface area contributed by atoms with Gasteiger partial charge in [0.25, 0.3) is 0 Å². The molecule has 108 valence electrons. The van der Waals surface area contributed by atoms with Crippen molar-refractivity contribution in [2.75, 3.05) is 0 Å². The van der Waals surface area contributed by atoms with Crippen LogP contribution < -0.4 is 0 Å². The maximum atomic E-state index is 10.6. The van der Waals surface area contributed by atoms with E-state index >= 15 is 0 Å². The summed E-state index contributed by atoms with van der Waals surface area (Å²) in [6.45, 7) is 1.88. The van der Waals surface area contributed by atoms with Crippen LogP contribution >= 0.6 is 11.6 Å². The molecule has 1 heterocycles. The van der Waals surface area contributed by atoms with Crippen LogP contribution in [0.4, 0.5) is 0 Å². The van der Waals surface area contributed by atoms with Crippen LogP contribution in [0.3, 0.4) is 0 Å². The van der Waals surface area contributed by atoms with Crippen LogP contribution in [-0.4, -0.2) is 31.7 Å². The Morgan fingerprint density at radius 1 is 1.32 bits per heavy atom. The van der Waals surface area contributed by atoms with E-state index < -0.39 is 11.7 Å². The summed E-state index contributed by atoms with van der Waals surface area (Å²) < 4.78 is 1.61. The molecule has 2 rings (SSSR count). The number of aliphatic hydroxyl groups excluding tert-OH is 1. The average molecular weight is 287 g/mol. The summed E-state index contributed by atoms with van der Waals surface area (Å²) in [5, 5.41) is 25.9. The van der Waals surface area contributed by atoms with Gasteiger partial charge in [0.15, 0.2) is 0 Å². The number of aromatic nitrogens is 2. The fourth-order valence-electron chi connectivity index (χ4n) is 2.96. The van der Waals surface area contributed by atoms with Gasteiger partial charge in [-0.15, -0.1) is 0 Å². The lowest BCUT2D eigenvalue weighted by Crippen LogP contribution is -2.43. The SMILES string of the molecule is Cc1nn(C)c(Cl)c1CC(O)C1(O)CCCCCC1. The van der Waals surface area contributed by atoms with Gasteiger partial charge in [-0.1, -0.05) is 37.3 Å². The fraction of sp³-hybridized carbons (Fsp3) is 0.786. The highest BCUT2D eigenvalue weighted by Gasteiger charge is 2.36. The molecule has 0 bridgehead atoms. The number of nitrogens with zero attached hydrogens (tertiary/aromatic N) is 2. The molecule has 0 saturated heterocycles. The Hall–Kier alpha value is -0.580. The van der Waals surface area contributed by atoms with Gasteiger partial charge >= 0.3 is 0 Å². The van der Waals surface area contributed by atoms with Gasteiger partial charge in [-0.3, -0.25) is 4.68 Å². The molecular weight excluding hydrogens is 264 g/mol. The summed E-state index contributed by atoms with van der Waals surface area (Å²) in [5.41, 5.74) is 0.695. The Kier molecular flexibility index (Phi) is 4.54. The van der Waals surface area contributed by atoms with E-state index in [1.807, 2.05) is 6.92 Å². The zero-order valence-corrected chi connectivity index (χ0v) is 12.4. The lowest BCUT2D eigenvalue weighted by Gasteiger charge is -2.32. The molecule has 1 aromatic rings. The van der Waals surface area contributed by atoms with Crippen molar-refractivity contribution >= 4 is 11.6 Å². The van der Waals surface area contributed by atoms with E-state index in [9.17, 15) is 10.2 Å². The maximum Gasteiger partial charge on any atom is 0.130 e. The van der Waals surface area contributed by atoms with Crippen molar-refractivity contribution in [3.05, 3.63) is 16.4 Å². The molecule has 1 aliphatic carbocycles. The second-order valence-electron chi connectivity index (χ2n) is 5.72. The Bertz CT molecular complexity index is 437. The Labute approximate surface area is 119 Å². The van der Waals surface area contributed by atoms with Gasteiger partial charge in [-0.25, -0.2) is 0 Å².